The monoisotopic (exact) mass is 414 g/mol. The molecule has 0 fully saturated rings. The number of para-hydroxylation sites is 1. The quantitative estimate of drug-likeness (QED) is 0.497. The van der Waals surface area contributed by atoms with E-state index in [1.165, 1.54) is 4.88 Å². The van der Waals surface area contributed by atoms with Gasteiger partial charge in [-0.05, 0) is 41.1 Å². The van der Waals surface area contributed by atoms with Crippen molar-refractivity contribution < 1.29 is 4.79 Å². The number of thiophene rings is 1. The number of nitrogens with zero attached hydrogens (tertiary/aromatic N) is 2. The summed E-state index contributed by atoms with van der Waals surface area (Å²) in [6.07, 6.45) is 0. The minimum absolute atomic E-state index is 0.203. The summed E-state index contributed by atoms with van der Waals surface area (Å²) in [4.78, 5) is 15.1. The van der Waals surface area contributed by atoms with Crippen molar-refractivity contribution in [3.05, 3.63) is 57.5 Å². The fourth-order valence-electron chi connectivity index (χ4n) is 2.87. The van der Waals surface area contributed by atoms with E-state index in [-0.39, 0.29) is 5.91 Å². The van der Waals surface area contributed by atoms with E-state index in [2.05, 4.69) is 44.4 Å². The number of halogens is 1. The van der Waals surface area contributed by atoms with Gasteiger partial charge < -0.3 is 9.88 Å². The molecule has 126 valence electrons. The lowest BCUT2D eigenvalue weighted by Gasteiger charge is -2.04. The highest BCUT2D eigenvalue weighted by Crippen LogP contribution is 2.31. The molecule has 25 heavy (non-hydrogen) atoms. The van der Waals surface area contributed by atoms with Gasteiger partial charge in [-0.3, -0.25) is 9.89 Å². The SMILES string of the molecule is Cc1ccc(-c2cc(NC(=O)c3c(Br)c4ccccc4n3C)n[nH]2)s1. The highest BCUT2D eigenvalue weighted by molar-refractivity contribution is 9.10. The van der Waals surface area contributed by atoms with Crippen LogP contribution in [0.4, 0.5) is 5.82 Å². The molecule has 3 aromatic heterocycles. The van der Waals surface area contributed by atoms with E-state index >= 15 is 0 Å². The molecule has 0 unspecified atom stereocenters. The number of H-pyrrole nitrogens is 1. The molecule has 1 aromatic carbocycles. The normalized spacial score (nSPS) is 11.2. The Hall–Kier alpha value is -2.38. The number of rotatable bonds is 3. The topological polar surface area (TPSA) is 62.7 Å². The van der Waals surface area contributed by atoms with Crippen molar-refractivity contribution in [1.82, 2.24) is 14.8 Å². The molecule has 1 amide bonds. The number of benzene rings is 1. The van der Waals surface area contributed by atoms with Crippen molar-refractivity contribution in [3.63, 3.8) is 0 Å². The Kier molecular flexibility index (Phi) is 3.97. The van der Waals surface area contributed by atoms with Crippen molar-refractivity contribution in [2.45, 2.75) is 6.92 Å². The number of carbonyl (C=O) groups excluding carboxylic acids is 1. The van der Waals surface area contributed by atoms with Crippen LogP contribution in [0.5, 0.6) is 0 Å². The molecule has 7 heteroatoms. The molecule has 3 heterocycles. The summed E-state index contributed by atoms with van der Waals surface area (Å²) < 4.78 is 2.66. The summed E-state index contributed by atoms with van der Waals surface area (Å²) in [7, 11) is 1.88. The van der Waals surface area contributed by atoms with E-state index < -0.39 is 0 Å². The van der Waals surface area contributed by atoms with Crippen LogP contribution in [0.3, 0.4) is 0 Å². The number of aromatic amines is 1. The minimum Gasteiger partial charge on any atom is -0.339 e. The largest absolute Gasteiger partial charge is 0.339 e. The van der Waals surface area contributed by atoms with Crippen LogP contribution in [-0.4, -0.2) is 20.7 Å². The van der Waals surface area contributed by atoms with Gasteiger partial charge >= 0.3 is 0 Å². The van der Waals surface area contributed by atoms with Crippen LogP contribution in [0.25, 0.3) is 21.5 Å². The second-order valence-electron chi connectivity index (χ2n) is 5.77. The van der Waals surface area contributed by atoms with Crippen LogP contribution in [0.15, 0.2) is 46.9 Å². The maximum absolute atomic E-state index is 12.8. The van der Waals surface area contributed by atoms with Crippen molar-refractivity contribution in [1.29, 1.82) is 0 Å². The number of amides is 1. The highest BCUT2D eigenvalue weighted by atomic mass is 79.9. The van der Waals surface area contributed by atoms with Crippen LogP contribution in [0, 0.1) is 6.92 Å². The Morgan fingerprint density at radius 1 is 1.28 bits per heavy atom. The lowest BCUT2D eigenvalue weighted by Crippen LogP contribution is -2.16. The van der Waals surface area contributed by atoms with Gasteiger partial charge in [-0.2, -0.15) is 5.10 Å². The summed E-state index contributed by atoms with van der Waals surface area (Å²) >= 11 is 5.23. The summed E-state index contributed by atoms with van der Waals surface area (Å²) in [5.41, 5.74) is 2.46. The second-order valence-corrected chi connectivity index (χ2v) is 7.85. The highest BCUT2D eigenvalue weighted by Gasteiger charge is 2.20. The predicted octanol–water partition coefficient (Wildman–Crippen LogP) is 4.95. The van der Waals surface area contributed by atoms with Crippen molar-refractivity contribution in [2.24, 2.45) is 7.05 Å². The number of anilines is 1. The molecule has 4 aromatic rings. The Bertz CT molecular complexity index is 1050. The van der Waals surface area contributed by atoms with Crippen molar-refractivity contribution >= 4 is 49.9 Å². The van der Waals surface area contributed by atoms with E-state index in [1.54, 1.807) is 11.3 Å². The third-order valence-corrected chi connectivity index (χ3v) is 5.92. The summed E-state index contributed by atoms with van der Waals surface area (Å²) in [6, 6.07) is 13.8. The average Bonchev–Trinajstić information content (AvgIpc) is 3.28. The minimum atomic E-state index is -0.203. The third-order valence-electron chi connectivity index (χ3n) is 4.09. The molecule has 2 N–H and O–H groups in total. The molecule has 0 aliphatic carbocycles. The molecular formula is C18H15BrN4OS. The molecule has 0 saturated heterocycles. The number of aryl methyl sites for hydroxylation is 2. The van der Waals surface area contributed by atoms with Crippen LogP contribution in [-0.2, 0) is 7.05 Å². The Morgan fingerprint density at radius 3 is 2.80 bits per heavy atom. The fourth-order valence-corrected chi connectivity index (χ4v) is 4.48. The number of hydrogen-bond donors (Lipinski definition) is 2. The lowest BCUT2D eigenvalue weighted by atomic mass is 10.2. The van der Waals surface area contributed by atoms with Crippen LogP contribution in [0.1, 0.15) is 15.4 Å². The lowest BCUT2D eigenvalue weighted by molar-refractivity contribution is 0.101. The van der Waals surface area contributed by atoms with Crippen molar-refractivity contribution in [2.75, 3.05) is 5.32 Å². The third kappa shape index (κ3) is 2.79. The first-order chi connectivity index (χ1) is 12.0. The first-order valence-corrected chi connectivity index (χ1v) is 9.32. The van der Waals surface area contributed by atoms with Gasteiger partial charge in [0.15, 0.2) is 5.82 Å². The summed E-state index contributed by atoms with van der Waals surface area (Å²) in [5, 5.41) is 11.1. The zero-order valence-corrected chi connectivity index (χ0v) is 16.0. The molecule has 4 rings (SSSR count). The molecule has 0 aliphatic heterocycles. The second kappa shape index (κ2) is 6.16. The van der Waals surface area contributed by atoms with Gasteiger partial charge in [0.25, 0.3) is 5.91 Å². The number of hydrogen-bond acceptors (Lipinski definition) is 3. The first kappa shape index (κ1) is 16.1. The van der Waals surface area contributed by atoms with Gasteiger partial charge in [0.05, 0.1) is 15.0 Å². The van der Waals surface area contributed by atoms with Gasteiger partial charge in [0, 0.05) is 28.9 Å². The van der Waals surface area contributed by atoms with E-state index in [9.17, 15) is 4.79 Å². The summed E-state index contributed by atoms with van der Waals surface area (Å²) in [5.74, 6) is 0.300. The Morgan fingerprint density at radius 2 is 2.08 bits per heavy atom. The zero-order chi connectivity index (χ0) is 17.6. The summed E-state index contributed by atoms with van der Waals surface area (Å²) in [6.45, 7) is 2.06. The van der Waals surface area contributed by atoms with Crippen LogP contribution >= 0.6 is 27.3 Å². The van der Waals surface area contributed by atoms with Gasteiger partial charge in [0.2, 0.25) is 0 Å². The molecule has 5 nitrogen and oxygen atoms in total. The van der Waals surface area contributed by atoms with Gasteiger partial charge in [-0.15, -0.1) is 11.3 Å². The average molecular weight is 415 g/mol. The molecule has 0 spiro atoms. The maximum atomic E-state index is 12.8. The molecule has 0 aliphatic rings. The number of carbonyl (C=O) groups is 1. The number of aromatic nitrogens is 3. The standard InChI is InChI=1S/C18H15BrN4OS/c1-10-7-8-14(25-10)12-9-15(22-21-12)20-18(24)17-16(19)11-5-3-4-6-13(11)23(17)2/h3-9H,1-2H3,(H2,20,21,22,24). The fraction of sp³-hybridized carbons (Fsp3) is 0.111. The van der Waals surface area contributed by atoms with Crippen molar-refractivity contribution in [3.8, 4) is 10.6 Å². The van der Waals surface area contributed by atoms with E-state index in [4.69, 9.17) is 0 Å². The maximum Gasteiger partial charge on any atom is 0.274 e. The van der Waals surface area contributed by atoms with Gasteiger partial charge in [-0.1, -0.05) is 18.2 Å². The van der Waals surface area contributed by atoms with E-state index in [1.807, 2.05) is 48.0 Å². The predicted molar refractivity (Wildman–Crippen MR) is 105 cm³/mol. The number of nitrogens with one attached hydrogen (secondary N) is 2. The molecule has 0 bridgehead atoms. The Labute approximate surface area is 156 Å². The van der Waals surface area contributed by atoms with Gasteiger partial charge in [-0.25, -0.2) is 0 Å². The van der Waals surface area contributed by atoms with E-state index in [0.717, 1.165) is 25.9 Å². The number of fused-ring (bicyclic) bond motifs is 1. The van der Waals surface area contributed by atoms with Gasteiger partial charge in [0.1, 0.15) is 5.69 Å². The Balaban J connectivity index is 1.64. The molecule has 0 saturated carbocycles. The first-order valence-electron chi connectivity index (χ1n) is 7.71. The zero-order valence-electron chi connectivity index (χ0n) is 13.6. The van der Waals surface area contributed by atoms with E-state index in [0.29, 0.717) is 11.5 Å². The van der Waals surface area contributed by atoms with Crippen LogP contribution < -0.4 is 5.32 Å². The molecule has 0 atom stereocenters. The smallest absolute Gasteiger partial charge is 0.274 e. The van der Waals surface area contributed by atoms with Crippen LogP contribution in [0.2, 0.25) is 0 Å². The molecule has 0 radical (unpaired) electrons. The molecular weight excluding hydrogens is 400 g/mol.